The fraction of sp³-hybridized carbons (Fsp3) is 0.190. The van der Waals surface area contributed by atoms with Crippen LogP contribution in [0.3, 0.4) is 0 Å². The standard InChI is InChI=1S/C21H18ClN3O4/c1-12-23-21(24-29-12)16-11-25(10-13-4-6-14(22)7-5-13)17-9-19(28-3)18(27-2)8-15(17)20(16)26/h4-9,11H,10H2,1-3H3. The highest BCUT2D eigenvalue weighted by Crippen LogP contribution is 2.32. The van der Waals surface area contributed by atoms with E-state index in [0.717, 1.165) is 5.56 Å². The highest BCUT2D eigenvalue weighted by atomic mass is 35.5. The number of ether oxygens (including phenoxy) is 2. The quantitative estimate of drug-likeness (QED) is 0.492. The summed E-state index contributed by atoms with van der Waals surface area (Å²) in [4.78, 5) is 17.4. The van der Waals surface area contributed by atoms with Crippen molar-refractivity contribution in [3.63, 3.8) is 0 Å². The Hall–Kier alpha value is -3.32. The third kappa shape index (κ3) is 3.56. The second kappa shape index (κ2) is 7.60. The second-order valence-electron chi connectivity index (χ2n) is 6.49. The van der Waals surface area contributed by atoms with Crippen LogP contribution in [0.1, 0.15) is 11.5 Å². The molecule has 0 N–H and O–H groups in total. The Morgan fingerprint density at radius 2 is 1.79 bits per heavy atom. The van der Waals surface area contributed by atoms with E-state index in [-0.39, 0.29) is 11.3 Å². The molecule has 0 saturated heterocycles. The van der Waals surface area contributed by atoms with E-state index in [1.807, 2.05) is 28.8 Å². The van der Waals surface area contributed by atoms with Crippen molar-refractivity contribution in [1.29, 1.82) is 0 Å². The average Bonchev–Trinajstić information content (AvgIpc) is 3.16. The van der Waals surface area contributed by atoms with Crippen molar-refractivity contribution < 1.29 is 14.0 Å². The van der Waals surface area contributed by atoms with E-state index < -0.39 is 0 Å². The molecular formula is C21H18ClN3O4. The van der Waals surface area contributed by atoms with Crippen LogP contribution in [-0.2, 0) is 6.54 Å². The van der Waals surface area contributed by atoms with E-state index in [9.17, 15) is 4.79 Å². The van der Waals surface area contributed by atoms with Gasteiger partial charge in [0, 0.05) is 30.8 Å². The molecule has 4 aromatic rings. The number of rotatable bonds is 5. The number of hydrogen-bond acceptors (Lipinski definition) is 6. The largest absolute Gasteiger partial charge is 0.493 e. The van der Waals surface area contributed by atoms with Crippen molar-refractivity contribution >= 4 is 22.5 Å². The van der Waals surface area contributed by atoms with E-state index >= 15 is 0 Å². The van der Waals surface area contributed by atoms with Crippen LogP contribution >= 0.6 is 11.6 Å². The summed E-state index contributed by atoms with van der Waals surface area (Å²) >= 11 is 6.01. The minimum absolute atomic E-state index is 0.214. The Morgan fingerprint density at radius 1 is 1.10 bits per heavy atom. The summed E-state index contributed by atoms with van der Waals surface area (Å²) < 4.78 is 17.8. The average molecular weight is 412 g/mol. The number of nitrogens with zero attached hydrogens (tertiary/aromatic N) is 3. The topological polar surface area (TPSA) is 79.4 Å². The van der Waals surface area contributed by atoms with Gasteiger partial charge in [0.25, 0.3) is 0 Å². The molecule has 4 rings (SSSR count). The number of hydrogen-bond donors (Lipinski definition) is 0. The van der Waals surface area contributed by atoms with Crippen LogP contribution in [0.15, 0.2) is 51.9 Å². The first-order chi connectivity index (χ1) is 14.0. The summed E-state index contributed by atoms with van der Waals surface area (Å²) in [6.07, 6.45) is 1.73. The smallest absolute Gasteiger partial charge is 0.223 e. The summed E-state index contributed by atoms with van der Waals surface area (Å²) in [5.41, 5.74) is 1.85. The molecule has 0 spiro atoms. The first-order valence-electron chi connectivity index (χ1n) is 8.84. The van der Waals surface area contributed by atoms with Gasteiger partial charge < -0.3 is 18.6 Å². The van der Waals surface area contributed by atoms with Crippen molar-refractivity contribution in [2.24, 2.45) is 0 Å². The monoisotopic (exact) mass is 411 g/mol. The van der Waals surface area contributed by atoms with Gasteiger partial charge >= 0.3 is 0 Å². The number of benzene rings is 2. The van der Waals surface area contributed by atoms with Crippen LogP contribution in [0.25, 0.3) is 22.3 Å². The van der Waals surface area contributed by atoms with Crippen LogP contribution in [0.4, 0.5) is 0 Å². The molecule has 0 saturated carbocycles. The number of halogens is 1. The number of aryl methyl sites for hydroxylation is 1. The van der Waals surface area contributed by atoms with E-state index in [0.29, 0.717) is 45.4 Å². The molecule has 0 aliphatic heterocycles. The summed E-state index contributed by atoms with van der Waals surface area (Å²) in [6, 6.07) is 11.0. The molecule has 0 atom stereocenters. The number of fused-ring (bicyclic) bond motifs is 1. The Kier molecular flexibility index (Phi) is 4.98. The van der Waals surface area contributed by atoms with Gasteiger partial charge in [0.15, 0.2) is 11.5 Å². The van der Waals surface area contributed by atoms with Gasteiger partial charge in [0.05, 0.1) is 30.7 Å². The lowest BCUT2D eigenvalue weighted by atomic mass is 10.1. The zero-order valence-corrected chi connectivity index (χ0v) is 16.9. The maximum Gasteiger partial charge on any atom is 0.223 e. The molecule has 0 amide bonds. The van der Waals surface area contributed by atoms with Gasteiger partial charge in [-0.3, -0.25) is 4.79 Å². The molecule has 2 heterocycles. The molecule has 0 radical (unpaired) electrons. The Morgan fingerprint density at radius 3 is 2.41 bits per heavy atom. The fourth-order valence-electron chi connectivity index (χ4n) is 3.20. The third-order valence-electron chi connectivity index (χ3n) is 4.62. The van der Waals surface area contributed by atoms with Crippen molar-refractivity contribution in [2.75, 3.05) is 14.2 Å². The summed E-state index contributed by atoms with van der Waals surface area (Å²) in [5, 5.41) is 5.05. The molecule has 0 fully saturated rings. The second-order valence-corrected chi connectivity index (χ2v) is 6.92. The van der Waals surface area contributed by atoms with Crippen LogP contribution in [0, 0.1) is 6.92 Å². The molecule has 148 valence electrons. The van der Waals surface area contributed by atoms with E-state index in [4.69, 9.17) is 25.6 Å². The van der Waals surface area contributed by atoms with Crippen molar-refractivity contribution in [3.05, 3.63) is 69.3 Å². The fourth-order valence-corrected chi connectivity index (χ4v) is 3.33. The third-order valence-corrected chi connectivity index (χ3v) is 4.87. The van der Waals surface area contributed by atoms with Gasteiger partial charge in [0.1, 0.15) is 0 Å². The summed E-state index contributed by atoms with van der Waals surface area (Å²) in [6.45, 7) is 2.19. The van der Waals surface area contributed by atoms with Gasteiger partial charge in [-0.05, 0) is 23.8 Å². The van der Waals surface area contributed by atoms with Gasteiger partial charge in [-0.15, -0.1) is 0 Å². The van der Waals surface area contributed by atoms with E-state index in [2.05, 4.69) is 10.1 Å². The Balaban J connectivity index is 1.98. The Labute approximate surface area is 171 Å². The molecule has 8 heteroatoms. The summed E-state index contributed by atoms with van der Waals surface area (Å²) in [5.74, 6) is 1.63. The van der Waals surface area contributed by atoms with E-state index in [1.54, 1.807) is 32.4 Å². The first kappa shape index (κ1) is 19.0. The molecule has 0 aliphatic rings. The maximum atomic E-state index is 13.2. The zero-order valence-electron chi connectivity index (χ0n) is 16.1. The molecule has 0 unspecified atom stereocenters. The Bertz CT molecular complexity index is 1250. The number of methoxy groups -OCH3 is 2. The van der Waals surface area contributed by atoms with Gasteiger partial charge in [-0.2, -0.15) is 4.98 Å². The lowest BCUT2D eigenvalue weighted by Crippen LogP contribution is -2.14. The predicted molar refractivity (Wildman–Crippen MR) is 110 cm³/mol. The lowest BCUT2D eigenvalue weighted by Gasteiger charge is -2.15. The summed E-state index contributed by atoms with van der Waals surface area (Å²) in [7, 11) is 3.09. The maximum absolute atomic E-state index is 13.2. The minimum Gasteiger partial charge on any atom is -0.493 e. The molecule has 0 aliphatic carbocycles. The number of pyridine rings is 1. The molecule has 29 heavy (non-hydrogen) atoms. The van der Waals surface area contributed by atoms with Gasteiger partial charge in [-0.25, -0.2) is 0 Å². The van der Waals surface area contributed by atoms with Gasteiger partial charge in [-0.1, -0.05) is 28.9 Å². The normalized spacial score (nSPS) is 11.0. The van der Waals surface area contributed by atoms with Crippen molar-refractivity contribution in [3.8, 4) is 22.9 Å². The van der Waals surface area contributed by atoms with Crippen LogP contribution in [0.2, 0.25) is 5.02 Å². The van der Waals surface area contributed by atoms with E-state index in [1.165, 1.54) is 7.11 Å². The number of aromatic nitrogens is 3. The lowest BCUT2D eigenvalue weighted by molar-refractivity contribution is 0.355. The first-order valence-corrected chi connectivity index (χ1v) is 9.22. The van der Waals surface area contributed by atoms with Gasteiger partial charge in [0.2, 0.25) is 17.1 Å². The highest BCUT2D eigenvalue weighted by molar-refractivity contribution is 6.30. The molecule has 7 nitrogen and oxygen atoms in total. The van der Waals surface area contributed by atoms with Crippen LogP contribution in [-0.4, -0.2) is 28.9 Å². The SMILES string of the molecule is COc1cc2c(=O)c(-c3noc(C)n3)cn(Cc3ccc(Cl)cc3)c2cc1OC. The molecular weight excluding hydrogens is 394 g/mol. The molecule has 0 bridgehead atoms. The molecule has 2 aromatic heterocycles. The predicted octanol–water partition coefficient (Wildman–Crippen LogP) is 4.08. The van der Waals surface area contributed by atoms with Crippen molar-refractivity contribution in [1.82, 2.24) is 14.7 Å². The minimum atomic E-state index is -0.214. The van der Waals surface area contributed by atoms with Crippen LogP contribution < -0.4 is 14.9 Å². The van der Waals surface area contributed by atoms with Crippen molar-refractivity contribution in [2.45, 2.75) is 13.5 Å². The zero-order chi connectivity index (χ0) is 20.5. The highest BCUT2D eigenvalue weighted by Gasteiger charge is 2.18. The molecule has 2 aromatic carbocycles. The van der Waals surface area contributed by atoms with Crippen LogP contribution in [0.5, 0.6) is 11.5 Å².